The highest BCUT2D eigenvalue weighted by Gasteiger charge is 2.22. The molecule has 0 spiro atoms. The topological polar surface area (TPSA) is 25.2 Å². The van der Waals surface area contributed by atoms with Crippen molar-refractivity contribution in [2.45, 2.75) is 53.2 Å². The van der Waals surface area contributed by atoms with E-state index in [1.165, 1.54) is 11.3 Å². The molecule has 1 amide bonds. The molecular weight excluding hydrogens is 284 g/mol. The van der Waals surface area contributed by atoms with E-state index in [9.17, 15) is 4.79 Å². The van der Waals surface area contributed by atoms with Crippen molar-refractivity contribution >= 4 is 5.91 Å². The van der Waals surface area contributed by atoms with Crippen LogP contribution in [0.3, 0.4) is 0 Å². The lowest BCUT2D eigenvalue weighted by Gasteiger charge is -2.32. The van der Waals surface area contributed by atoms with E-state index in [4.69, 9.17) is 0 Å². The number of rotatable bonds is 7. The number of hydrogen-bond acceptors (Lipinski definition) is 1. The van der Waals surface area contributed by atoms with Crippen LogP contribution in [0.5, 0.6) is 0 Å². The van der Waals surface area contributed by atoms with Gasteiger partial charge in [0.25, 0.3) is 0 Å². The average Bonchev–Trinajstić information content (AvgIpc) is 2.99. The van der Waals surface area contributed by atoms with Crippen LogP contribution in [0, 0.1) is 5.92 Å². The lowest BCUT2D eigenvalue weighted by molar-refractivity contribution is -0.134. The van der Waals surface area contributed by atoms with Crippen molar-refractivity contribution in [1.82, 2.24) is 9.47 Å². The van der Waals surface area contributed by atoms with Gasteiger partial charge in [0.05, 0.1) is 6.54 Å². The molecule has 3 heteroatoms. The molecule has 2 aromatic rings. The molecule has 1 heterocycles. The quantitative estimate of drug-likeness (QED) is 0.747. The van der Waals surface area contributed by atoms with Gasteiger partial charge in [-0.3, -0.25) is 4.79 Å². The molecule has 0 fully saturated rings. The van der Waals surface area contributed by atoms with E-state index in [1.807, 2.05) is 17.9 Å². The Labute approximate surface area is 139 Å². The van der Waals surface area contributed by atoms with E-state index in [0.717, 1.165) is 6.54 Å². The zero-order valence-corrected chi connectivity index (χ0v) is 14.7. The molecule has 0 saturated carbocycles. The summed E-state index contributed by atoms with van der Waals surface area (Å²) in [7, 11) is 0. The summed E-state index contributed by atoms with van der Waals surface area (Å²) in [4.78, 5) is 14.4. The standard InChI is InChI=1S/C20H28N2O/c1-5-20(23)22(17(4)16(2)3)15-19-12-9-13-21(19)14-18-10-7-6-8-11-18/h6-13,16-17H,5,14-15H2,1-4H3/t17-/m1/s1. The Kier molecular flexibility index (Phi) is 6.03. The molecule has 124 valence electrons. The van der Waals surface area contributed by atoms with Gasteiger partial charge < -0.3 is 9.47 Å². The van der Waals surface area contributed by atoms with Gasteiger partial charge in [0.2, 0.25) is 5.91 Å². The van der Waals surface area contributed by atoms with Crippen LogP contribution >= 0.6 is 0 Å². The fraction of sp³-hybridized carbons (Fsp3) is 0.450. The van der Waals surface area contributed by atoms with E-state index < -0.39 is 0 Å². The van der Waals surface area contributed by atoms with E-state index in [2.05, 4.69) is 67.9 Å². The second-order valence-corrected chi connectivity index (χ2v) is 6.47. The molecule has 0 saturated heterocycles. The molecule has 0 radical (unpaired) electrons. The second-order valence-electron chi connectivity index (χ2n) is 6.47. The summed E-state index contributed by atoms with van der Waals surface area (Å²) < 4.78 is 2.23. The molecule has 1 aromatic heterocycles. The van der Waals surface area contributed by atoms with Crippen LogP contribution in [0.2, 0.25) is 0 Å². The Balaban J connectivity index is 2.18. The molecule has 0 N–H and O–H groups in total. The van der Waals surface area contributed by atoms with Gasteiger partial charge in [-0.2, -0.15) is 0 Å². The van der Waals surface area contributed by atoms with Crippen molar-refractivity contribution in [1.29, 1.82) is 0 Å². The smallest absolute Gasteiger partial charge is 0.222 e. The summed E-state index contributed by atoms with van der Waals surface area (Å²) in [5.41, 5.74) is 2.46. The monoisotopic (exact) mass is 312 g/mol. The van der Waals surface area contributed by atoms with Crippen molar-refractivity contribution in [3.05, 3.63) is 59.9 Å². The largest absolute Gasteiger partial charge is 0.345 e. The number of carbonyl (C=O) groups excluding carboxylic acids is 1. The number of hydrogen-bond donors (Lipinski definition) is 0. The molecule has 1 atom stereocenters. The third-order valence-electron chi connectivity index (χ3n) is 4.53. The molecule has 0 bridgehead atoms. The predicted molar refractivity (Wildman–Crippen MR) is 95.1 cm³/mol. The number of benzene rings is 1. The molecule has 0 aliphatic rings. The first-order chi connectivity index (χ1) is 11.0. The Morgan fingerprint density at radius 2 is 1.78 bits per heavy atom. The maximum Gasteiger partial charge on any atom is 0.222 e. The number of carbonyl (C=O) groups is 1. The third kappa shape index (κ3) is 4.47. The van der Waals surface area contributed by atoms with Gasteiger partial charge in [0.1, 0.15) is 0 Å². The van der Waals surface area contributed by atoms with Gasteiger partial charge in [0, 0.05) is 30.9 Å². The fourth-order valence-electron chi connectivity index (χ4n) is 2.72. The van der Waals surface area contributed by atoms with E-state index in [0.29, 0.717) is 18.9 Å². The van der Waals surface area contributed by atoms with Crippen LogP contribution in [0.1, 0.15) is 45.4 Å². The Hall–Kier alpha value is -2.03. The highest BCUT2D eigenvalue weighted by molar-refractivity contribution is 5.76. The van der Waals surface area contributed by atoms with Crippen LogP contribution < -0.4 is 0 Å². The summed E-state index contributed by atoms with van der Waals surface area (Å²) in [6.07, 6.45) is 2.65. The van der Waals surface area contributed by atoms with Crippen LogP contribution in [-0.2, 0) is 17.9 Å². The van der Waals surface area contributed by atoms with Crippen molar-refractivity contribution < 1.29 is 4.79 Å². The normalized spacial score (nSPS) is 12.4. The fourth-order valence-corrected chi connectivity index (χ4v) is 2.72. The Bertz CT molecular complexity index is 616. The molecule has 0 aliphatic carbocycles. The lowest BCUT2D eigenvalue weighted by Crippen LogP contribution is -2.41. The molecule has 0 unspecified atom stereocenters. The molecule has 1 aromatic carbocycles. The first kappa shape index (κ1) is 17.3. The third-order valence-corrected chi connectivity index (χ3v) is 4.53. The lowest BCUT2D eigenvalue weighted by atomic mass is 10.0. The molecule has 2 rings (SSSR count). The zero-order chi connectivity index (χ0) is 16.8. The summed E-state index contributed by atoms with van der Waals surface area (Å²) in [5, 5.41) is 0. The van der Waals surface area contributed by atoms with Crippen molar-refractivity contribution in [3.63, 3.8) is 0 Å². The maximum absolute atomic E-state index is 12.4. The Morgan fingerprint density at radius 1 is 1.09 bits per heavy atom. The zero-order valence-electron chi connectivity index (χ0n) is 14.7. The molecular formula is C20H28N2O. The highest BCUT2D eigenvalue weighted by atomic mass is 16.2. The highest BCUT2D eigenvalue weighted by Crippen LogP contribution is 2.17. The van der Waals surface area contributed by atoms with Crippen LogP contribution in [0.4, 0.5) is 0 Å². The maximum atomic E-state index is 12.4. The number of aromatic nitrogens is 1. The van der Waals surface area contributed by atoms with Crippen LogP contribution in [0.15, 0.2) is 48.7 Å². The van der Waals surface area contributed by atoms with Gasteiger partial charge in [-0.25, -0.2) is 0 Å². The van der Waals surface area contributed by atoms with E-state index in [1.54, 1.807) is 0 Å². The summed E-state index contributed by atoms with van der Waals surface area (Å²) in [6.45, 7) is 9.93. The van der Waals surface area contributed by atoms with Gasteiger partial charge in [0.15, 0.2) is 0 Å². The molecule has 23 heavy (non-hydrogen) atoms. The summed E-state index contributed by atoms with van der Waals surface area (Å²) in [6, 6.07) is 14.8. The molecule has 3 nitrogen and oxygen atoms in total. The van der Waals surface area contributed by atoms with Gasteiger partial charge >= 0.3 is 0 Å². The average molecular weight is 312 g/mol. The van der Waals surface area contributed by atoms with Gasteiger partial charge in [-0.15, -0.1) is 0 Å². The van der Waals surface area contributed by atoms with Crippen molar-refractivity contribution in [2.24, 2.45) is 5.92 Å². The first-order valence-corrected chi connectivity index (χ1v) is 8.50. The SMILES string of the molecule is CCC(=O)N(Cc1cccn1Cc1ccccc1)[C@H](C)C(C)C. The van der Waals surface area contributed by atoms with Crippen LogP contribution in [0.25, 0.3) is 0 Å². The van der Waals surface area contributed by atoms with Crippen LogP contribution in [-0.4, -0.2) is 21.4 Å². The minimum Gasteiger partial charge on any atom is -0.345 e. The van der Waals surface area contributed by atoms with E-state index in [-0.39, 0.29) is 11.9 Å². The predicted octanol–water partition coefficient (Wildman–Crippen LogP) is 4.32. The summed E-state index contributed by atoms with van der Waals surface area (Å²) >= 11 is 0. The first-order valence-electron chi connectivity index (χ1n) is 8.50. The van der Waals surface area contributed by atoms with Crippen molar-refractivity contribution in [2.75, 3.05) is 0 Å². The second kappa shape index (κ2) is 8.00. The Morgan fingerprint density at radius 3 is 2.39 bits per heavy atom. The minimum atomic E-state index is 0.221. The van der Waals surface area contributed by atoms with Gasteiger partial charge in [-0.1, -0.05) is 51.1 Å². The van der Waals surface area contributed by atoms with Gasteiger partial charge in [-0.05, 0) is 30.5 Å². The van der Waals surface area contributed by atoms with Crippen molar-refractivity contribution in [3.8, 4) is 0 Å². The summed E-state index contributed by atoms with van der Waals surface area (Å²) in [5.74, 6) is 0.668. The number of nitrogens with zero attached hydrogens (tertiary/aromatic N) is 2. The van der Waals surface area contributed by atoms with E-state index >= 15 is 0 Å². The molecule has 0 aliphatic heterocycles. The minimum absolute atomic E-state index is 0.221. The number of amides is 1.